The molecule has 25 heavy (non-hydrogen) atoms. The summed E-state index contributed by atoms with van der Waals surface area (Å²) in [6, 6.07) is 4.77. The molecule has 2 aromatic rings. The SMILES string of the molecule is Cc1oc(CN(C)C(=O)C2CC2c2ccc(F)cc2F)cc1C(=O)O. The number of furan rings is 1. The van der Waals surface area contributed by atoms with Crippen LogP contribution in [0.5, 0.6) is 0 Å². The highest BCUT2D eigenvalue weighted by Gasteiger charge is 2.46. The van der Waals surface area contributed by atoms with Crippen molar-refractivity contribution in [3.63, 3.8) is 0 Å². The van der Waals surface area contributed by atoms with Crippen LogP contribution in [0, 0.1) is 24.5 Å². The van der Waals surface area contributed by atoms with Crippen molar-refractivity contribution in [2.75, 3.05) is 7.05 Å². The van der Waals surface area contributed by atoms with Crippen molar-refractivity contribution in [2.24, 2.45) is 5.92 Å². The van der Waals surface area contributed by atoms with Gasteiger partial charge < -0.3 is 14.4 Å². The van der Waals surface area contributed by atoms with E-state index in [0.29, 0.717) is 17.7 Å². The van der Waals surface area contributed by atoms with Crippen molar-refractivity contribution in [3.8, 4) is 0 Å². The van der Waals surface area contributed by atoms with Gasteiger partial charge >= 0.3 is 5.97 Å². The molecule has 0 spiro atoms. The van der Waals surface area contributed by atoms with Gasteiger partial charge in [0.05, 0.1) is 6.54 Å². The molecule has 7 heteroatoms. The number of carbonyl (C=O) groups is 2. The van der Waals surface area contributed by atoms with Crippen LogP contribution in [0.15, 0.2) is 28.7 Å². The van der Waals surface area contributed by atoms with Crippen molar-refractivity contribution in [3.05, 3.63) is 58.5 Å². The van der Waals surface area contributed by atoms with E-state index in [9.17, 15) is 18.4 Å². The molecule has 1 fully saturated rings. The zero-order valence-corrected chi connectivity index (χ0v) is 13.8. The van der Waals surface area contributed by atoms with Gasteiger partial charge in [-0.25, -0.2) is 13.6 Å². The van der Waals surface area contributed by atoms with Crippen LogP contribution in [-0.2, 0) is 11.3 Å². The van der Waals surface area contributed by atoms with Crippen LogP contribution in [0.2, 0.25) is 0 Å². The normalized spacial score (nSPS) is 18.9. The van der Waals surface area contributed by atoms with Crippen molar-refractivity contribution >= 4 is 11.9 Å². The van der Waals surface area contributed by atoms with E-state index in [1.54, 1.807) is 14.0 Å². The maximum Gasteiger partial charge on any atom is 0.339 e. The summed E-state index contributed by atoms with van der Waals surface area (Å²) in [6.07, 6.45) is 0.503. The van der Waals surface area contributed by atoms with Gasteiger partial charge in [0.25, 0.3) is 0 Å². The topological polar surface area (TPSA) is 70.8 Å². The first-order chi connectivity index (χ1) is 11.8. The van der Waals surface area contributed by atoms with E-state index in [0.717, 1.165) is 6.07 Å². The Balaban J connectivity index is 1.66. The molecular weight excluding hydrogens is 332 g/mol. The molecule has 3 rings (SSSR count). The van der Waals surface area contributed by atoms with Crippen molar-refractivity contribution in [1.29, 1.82) is 0 Å². The second-order valence-electron chi connectivity index (χ2n) is 6.30. The van der Waals surface area contributed by atoms with E-state index in [1.165, 1.54) is 23.1 Å². The minimum absolute atomic E-state index is 0.0635. The molecule has 1 aromatic heterocycles. The molecule has 1 saturated carbocycles. The summed E-state index contributed by atoms with van der Waals surface area (Å²) in [7, 11) is 1.58. The number of benzene rings is 1. The molecule has 0 saturated heterocycles. The Morgan fingerprint density at radius 1 is 1.32 bits per heavy atom. The van der Waals surface area contributed by atoms with Crippen LogP contribution in [0.1, 0.15) is 39.8 Å². The van der Waals surface area contributed by atoms with Crippen molar-refractivity contribution in [2.45, 2.75) is 25.8 Å². The lowest BCUT2D eigenvalue weighted by Crippen LogP contribution is -2.27. The quantitative estimate of drug-likeness (QED) is 0.899. The number of carboxylic acid groups (broad SMARTS) is 1. The molecule has 1 aliphatic rings. The monoisotopic (exact) mass is 349 g/mol. The van der Waals surface area contributed by atoms with Gasteiger partial charge in [0.1, 0.15) is 28.7 Å². The number of carboxylic acids is 1. The summed E-state index contributed by atoms with van der Waals surface area (Å²) in [5.41, 5.74) is 0.406. The number of nitrogens with zero attached hydrogens (tertiary/aromatic N) is 1. The van der Waals surface area contributed by atoms with Gasteiger partial charge in [-0.05, 0) is 37.0 Å². The van der Waals surface area contributed by atoms with Crippen LogP contribution >= 0.6 is 0 Å². The van der Waals surface area contributed by atoms with Gasteiger partial charge in [0.15, 0.2) is 0 Å². The van der Waals surface area contributed by atoms with E-state index in [1.807, 2.05) is 0 Å². The fourth-order valence-corrected chi connectivity index (χ4v) is 3.04. The van der Waals surface area contributed by atoms with E-state index >= 15 is 0 Å². The summed E-state index contributed by atoms with van der Waals surface area (Å²) in [5, 5.41) is 9.02. The van der Waals surface area contributed by atoms with Gasteiger partial charge in [-0.15, -0.1) is 0 Å². The van der Waals surface area contributed by atoms with Crippen molar-refractivity contribution in [1.82, 2.24) is 4.90 Å². The number of rotatable bonds is 5. The molecule has 1 heterocycles. The third-order valence-electron chi connectivity index (χ3n) is 4.44. The first-order valence-corrected chi connectivity index (χ1v) is 7.80. The van der Waals surface area contributed by atoms with Gasteiger partial charge in [0, 0.05) is 19.0 Å². The Bertz CT molecular complexity index is 846. The minimum atomic E-state index is -1.09. The van der Waals surface area contributed by atoms with Crippen LogP contribution in [0.3, 0.4) is 0 Å². The molecule has 2 unspecified atom stereocenters. The lowest BCUT2D eigenvalue weighted by molar-refractivity contribution is -0.132. The molecule has 1 aromatic carbocycles. The molecule has 1 amide bonds. The molecule has 0 aliphatic heterocycles. The third-order valence-corrected chi connectivity index (χ3v) is 4.44. The average Bonchev–Trinajstić information content (AvgIpc) is 3.22. The third kappa shape index (κ3) is 3.40. The molecule has 0 bridgehead atoms. The Hall–Kier alpha value is -2.70. The highest BCUT2D eigenvalue weighted by Crippen LogP contribution is 2.49. The smallest absolute Gasteiger partial charge is 0.339 e. The summed E-state index contributed by atoms with van der Waals surface area (Å²) in [5.74, 6) is -2.53. The van der Waals surface area contributed by atoms with Crippen molar-refractivity contribution < 1.29 is 27.9 Å². The number of aromatic carboxylic acids is 1. The Morgan fingerprint density at radius 3 is 2.64 bits per heavy atom. The minimum Gasteiger partial charge on any atom is -0.478 e. The summed E-state index contributed by atoms with van der Waals surface area (Å²) in [4.78, 5) is 24.9. The maximum absolute atomic E-state index is 13.8. The van der Waals surface area contributed by atoms with Gasteiger partial charge in [0.2, 0.25) is 5.91 Å². The van der Waals surface area contributed by atoms with Crippen LogP contribution in [-0.4, -0.2) is 28.9 Å². The molecule has 1 N–H and O–H groups in total. The standard InChI is InChI=1S/C18H17F2NO4/c1-9-13(18(23)24)6-11(25-9)8-21(2)17(22)15-7-14(15)12-4-3-10(19)5-16(12)20/h3-6,14-15H,7-8H2,1-2H3,(H,23,24). The number of carbonyl (C=O) groups excluding carboxylic acids is 1. The summed E-state index contributed by atoms with van der Waals surface area (Å²) in [6.45, 7) is 1.67. The zero-order chi connectivity index (χ0) is 18.3. The number of hydrogen-bond donors (Lipinski definition) is 1. The Kier molecular flexibility index (Phi) is 4.32. The number of amides is 1. The van der Waals surface area contributed by atoms with E-state index in [4.69, 9.17) is 9.52 Å². The Morgan fingerprint density at radius 2 is 2.04 bits per heavy atom. The maximum atomic E-state index is 13.8. The fraction of sp³-hybridized carbons (Fsp3) is 0.333. The number of hydrogen-bond acceptors (Lipinski definition) is 3. The molecule has 132 valence electrons. The predicted molar refractivity (Wildman–Crippen MR) is 84.1 cm³/mol. The predicted octanol–water partition coefficient (Wildman–Crippen LogP) is 3.33. The molecular formula is C18H17F2NO4. The summed E-state index contributed by atoms with van der Waals surface area (Å²) < 4.78 is 32.2. The number of aryl methyl sites for hydroxylation is 1. The molecule has 1 aliphatic carbocycles. The van der Waals surface area contributed by atoms with E-state index in [2.05, 4.69) is 0 Å². The highest BCUT2D eigenvalue weighted by atomic mass is 19.1. The lowest BCUT2D eigenvalue weighted by Gasteiger charge is -2.16. The average molecular weight is 349 g/mol. The first kappa shape index (κ1) is 17.1. The van der Waals surface area contributed by atoms with Crippen LogP contribution < -0.4 is 0 Å². The Labute approximate surface area is 142 Å². The molecule has 5 nitrogen and oxygen atoms in total. The summed E-state index contributed by atoms with van der Waals surface area (Å²) >= 11 is 0. The highest BCUT2D eigenvalue weighted by molar-refractivity contribution is 5.89. The second-order valence-corrected chi connectivity index (χ2v) is 6.30. The zero-order valence-electron chi connectivity index (χ0n) is 13.8. The lowest BCUT2D eigenvalue weighted by atomic mass is 10.1. The van der Waals surface area contributed by atoms with E-state index in [-0.39, 0.29) is 35.6 Å². The fourth-order valence-electron chi connectivity index (χ4n) is 3.04. The molecule has 0 radical (unpaired) electrons. The number of halogens is 2. The van der Waals surface area contributed by atoms with Gasteiger partial charge in [-0.3, -0.25) is 4.79 Å². The van der Waals surface area contributed by atoms with Gasteiger partial charge in [-0.1, -0.05) is 6.07 Å². The van der Waals surface area contributed by atoms with Crippen LogP contribution in [0.4, 0.5) is 8.78 Å². The van der Waals surface area contributed by atoms with E-state index < -0.39 is 17.6 Å². The second kappa shape index (κ2) is 6.31. The largest absolute Gasteiger partial charge is 0.478 e. The molecule has 2 atom stereocenters. The van der Waals surface area contributed by atoms with Gasteiger partial charge in [-0.2, -0.15) is 0 Å². The van der Waals surface area contributed by atoms with Crippen LogP contribution in [0.25, 0.3) is 0 Å². The first-order valence-electron chi connectivity index (χ1n) is 7.80.